The molecule has 3 rings (SSSR count). The first-order chi connectivity index (χ1) is 13.6. The molecule has 0 radical (unpaired) electrons. The standard InChI is InChI=1S/C22H30N2O3S/c1-16(2)15-27-19-9-8-17(13-20(19)26-3)22(25)23-14-18(21-7-6-12-28-21)24-10-4-5-11-24/h6-9,12-13,16,18H,4-5,10-11,14-15H2,1-3H3,(H,23,25). The summed E-state index contributed by atoms with van der Waals surface area (Å²) < 4.78 is 11.2. The van der Waals surface area contributed by atoms with Crippen molar-refractivity contribution in [1.29, 1.82) is 0 Å². The van der Waals surface area contributed by atoms with E-state index in [4.69, 9.17) is 9.47 Å². The summed E-state index contributed by atoms with van der Waals surface area (Å²) >= 11 is 1.75. The zero-order valence-electron chi connectivity index (χ0n) is 16.9. The largest absolute Gasteiger partial charge is 0.493 e. The molecule has 1 amide bonds. The topological polar surface area (TPSA) is 50.8 Å². The Morgan fingerprint density at radius 1 is 1.21 bits per heavy atom. The summed E-state index contributed by atoms with van der Waals surface area (Å²) in [6, 6.07) is 9.83. The monoisotopic (exact) mass is 402 g/mol. The predicted molar refractivity (Wildman–Crippen MR) is 114 cm³/mol. The lowest BCUT2D eigenvalue weighted by molar-refractivity contribution is 0.0938. The van der Waals surface area contributed by atoms with Crippen molar-refractivity contribution in [3.05, 3.63) is 46.2 Å². The van der Waals surface area contributed by atoms with Gasteiger partial charge in [0.1, 0.15) is 0 Å². The van der Waals surface area contributed by atoms with Crippen LogP contribution >= 0.6 is 11.3 Å². The molecule has 1 aromatic heterocycles. The van der Waals surface area contributed by atoms with Gasteiger partial charge in [0, 0.05) is 17.0 Å². The second-order valence-corrected chi connectivity index (χ2v) is 8.53. The van der Waals surface area contributed by atoms with Crippen LogP contribution in [0, 0.1) is 5.92 Å². The third-order valence-electron chi connectivity index (χ3n) is 4.91. The maximum Gasteiger partial charge on any atom is 0.251 e. The average Bonchev–Trinajstić information content (AvgIpc) is 3.41. The van der Waals surface area contributed by atoms with E-state index in [2.05, 4.69) is 41.6 Å². The molecule has 0 saturated carbocycles. The molecule has 1 saturated heterocycles. The summed E-state index contributed by atoms with van der Waals surface area (Å²) in [6.07, 6.45) is 2.45. The minimum absolute atomic E-state index is 0.0885. The molecule has 2 aromatic rings. The SMILES string of the molecule is COc1cc(C(=O)NCC(c2cccs2)N2CCCC2)ccc1OCC(C)C. The van der Waals surface area contributed by atoms with Crippen LogP contribution in [-0.2, 0) is 0 Å². The number of ether oxygens (including phenoxy) is 2. The number of carbonyl (C=O) groups excluding carboxylic acids is 1. The van der Waals surface area contributed by atoms with E-state index < -0.39 is 0 Å². The molecule has 1 aromatic carbocycles. The highest BCUT2D eigenvalue weighted by Gasteiger charge is 2.25. The number of hydrogen-bond donors (Lipinski definition) is 1. The lowest BCUT2D eigenvalue weighted by Crippen LogP contribution is -2.36. The van der Waals surface area contributed by atoms with Crippen molar-refractivity contribution in [2.24, 2.45) is 5.92 Å². The van der Waals surface area contributed by atoms with Gasteiger partial charge in [0.25, 0.3) is 5.91 Å². The number of benzene rings is 1. The van der Waals surface area contributed by atoms with Crippen LogP contribution in [0.3, 0.4) is 0 Å². The summed E-state index contributed by atoms with van der Waals surface area (Å²) in [5.41, 5.74) is 0.583. The van der Waals surface area contributed by atoms with Crippen LogP contribution in [0.15, 0.2) is 35.7 Å². The van der Waals surface area contributed by atoms with Crippen LogP contribution in [-0.4, -0.2) is 44.2 Å². The van der Waals surface area contributed by atoms with Crippen LogP contribution < -0.4 is 14.8 Å². The van der Waals surface area contributed by atoms with Gasteiger partial charge in [-0.1, -0.05) is 19.9 Å². The number of amides is 1. The summed E-state index contributed by atoms with van der Waals surface area (Å²) in [4.78, 5) is 16.5. The Kier molecular flexibility index (Phi) is 7.34. The van der Waals surface area contributed by atoms with Gasteiger partial charge in [0.15, 0.2) is 11.5 Å². The van der Waals surface area contributed by atoms with Gasteiger partial charge in [0.2, 0.25) is 0 Å². The maximum absolute atomic E-state index is 12.8. The van der Waals surface area contributed by atoms with Crippen molar-refractivity contribution >= 4 is 17.2 Å². The van der Waals surface area contributed by atoms with Crippen LogP contribution in [0.4, 0.5) is 0 Å². The Morgan fingerprint density at radius 3 is 2.64 bits per heavy atom. The maximum atomic E-state index is 12.8. The summed E-state index contributed by atoms with van der Waals surface area (Å²) in [5.74, 6) is 1.59. The number of likely N-dealkylation sites (tertiary alicyclic amines) is 1. The zero-order chi connectivity index (χ0) is 19.9. The Morgan fingerprint density at radius 2 is 2.00 bits per heavy atom. The fourth-order valence-corrected chi connectivity index (χ4v) is 4.28. The van der Waals surface area contributed by atoms with Crippen LogP contribution in [0.1, 0.15) is 48.0 Å². The van der Waals surface area contributed by atoms with Gasteiger partial charge < -0.3 is 14.8 Å². The highest BCUT2D eigenvalue weighted by molar-refractivity contribution is 7.10. The van der Waals surface area contributed by atoms with E-state index in [1.54, 1.807) is 30.6 Å². The average molecular weight is 403 g/mol. The summed E-state index contributed by atoms with van der Waals surface area (Å²) in [5, 5.41) is 5.21. The molecule has 28 heavy (non-hydrogen) atoms. The fourth-order valence-electron chi connectivity index (χ4n) is 3.42. The van der Waals surface area contributed by atoms with Crippen molar-refractivity contribution in [3.8, 4) is 11.5 Å². The molecule has 1 aliphatic rings. The first-order valence-corrected chi connectivity index (χ1v) is 10.8. The highest BCUT2D eigenvalue weighted by Crippen LogP contribution is 2.30. The molecule has 1 atom stereocenters. The summed E-state index contributed by atoms with van der Waals surface area (Å²) in [7, 11) is 1.60. The van der Waals surface area contributed by atoms with E-state index in [0.717, 1.165) is 13.1 Å². The smallest absolute Gasteiger partial charge is 0.251 e. The van der Waals surface area contributed by atoms with E-state index >= 15 is 0 Å². The minimum atomic E-state index is -0.0885. The van der Waals surface area contributed by atoms with E-state index in [-0.39, 0.29) is 11.9 Å². The highest BCUT2D eigenvalue weighted by atomic mass is 32.1. The van der Waals surface area contributed by atoms with Gasteiger partial charge in [-0.05, 0) is 61.5 Å². The number of nitrogens with zero attached hydrogens (tertiary/aromatic N) is 1. The molecule has 152 valence electrons. The van der Waals surface area contributed by atoms with Crippen molar-refractivity contribution in [1.82, 2.24) is 10.2 Å². The Balaban J connectivity index is 1.66. The Hall–Kier alpha value is -2.05. The minimum Gasteiger partial charge on any atom is -0.493 e. The molecule has 1 unspecified atom stereocenters. The second-order valence-electron chi connectivity index (χ2n) is 7.55. The molecule has 0 spiro atoms. The quantitative estimate of drug-likeness (QED) is 0.677. The molecule has 0 aliphatic carbocycles. The number of rotatable bonds is 9. The molecule has 5 nitrogen and oxygen atoms in total. The molecule has 1 aliphatic heterocycles. The molecular formula is C22H30N2O3S. The Bertz CT molecular complexity index is 755. The zero-order valence-corrected chi connectivity index (χ0v) is 17.8. The number of carbonyl (C=O) groups is 1. The third kappa shape index (κ3) is 5.26. The summed E-state index contributed by atoms with van der Waals surface area (Å²) in [6.45, 7) is 7.59. The van der Waals surface area contributed by atoms with Gasteiger partial charge in [-0.25, -0.2) is 0 Å². The fraction of sp³-hybridized carbons (Fsp3) is 0.500. The van der Waals surface area contributed by atoms with Gasteiger partial charge >= 0.3 is 0 Å². The first kappa shape index (κ1) is 20.7. The van der Waals surface area contributed by atoms with Gasteiger partial charge in [-0.3, -0.25) is 9.69 Å². The Labute approximate surface area is 171 Å². The van der Waals surface area contributed by atoms with Crippen molar-refractivity contribution in [2.75, 3.05) is 33.4 Å². The number of methoxy groups -OCH3 is 1. The van der Waals surface area contributed by atoms with Crippen LogP contribution in [0.5, 0.6) is 11.5 Å². The first-order valence-electron chi connectivity index (χ1n) is 9.95. The lowest BCUT2D eigenvalue weighted by Gasteiger charge is -2.27. The third-order valence-corrected chi connectivity index (χ3v) is 5.88. The number of thiophene rings is 1. The van der Waals surface area contributed by atoms with E-state index in [9.17, 15) is 4.79 Å². The molecular weight excluding hydrogens is 372 g/mol. The van der Waals surface area contributed by atoms with Crippen molar-refractivity contribution in [2.45, 2.75) is 32.7 Å². The molecule has 1 N–H and O–H groups in total. The van der Waals surface area contributed by atoms with E-state index in [0.29, 0.717) is 36.1 Å². The molecule has 1 fully saturated rings. The van der Waals surface area contributed by atoms with Gasteiger partial charge in [0.05, 0.1) is 19.8 Å². The molecule has 6 heteroatoms. The van der Waals surface area contributed by atoms with Crippen molar-refractivity contribution < 1.29 is 14.3 Å². The normalized spacial score (nSPS) is 15.6. The van der Waals surface area contributed by atoms with Gasteiger partial charge in [-0.15, -0.1) is 11.3 Å². The lowest BCUT2D eigenvalue weighted by atomic mass is 10.1. The molecule has 2 heterocycles. The van der Waals surface area contributed by atoms with Crippen molar-refractivity contribution in [3.63, 3.8) is 0 Å². The number of nitrogens with one attached hydrogen (secondary N) is 1. The predicted octanol–water partition coefficient (Wildman–Crippen LogP) is 4.36. The van der Waals surface area contributed by atoms with Gasteiger partial charge in [-0.2, -0.15) is 0 Å². The van der Waals surface area contributed by atoms with Crippen LogP contribution in [0.25, 0.3) is 0 Å². The molecule has 0 bridgehead atoms. The number of hydrogen-bond acceptors (Lipinski definition) is 5. The second kappa shape index (κ2) is 9.94. The van der Waals surface area contributed by atoms with E-state index in [1.165, 1.54) is 17.7 Å². The van der Waals surface area contributed by atoms with E-state index in [1.807, 2.05) is 6.07 Å². The van der Waals surface area contributed by atoms with Crippen LogP contribution in [0.2, 0.25) is 0 Å².